The standard InChI is InChI=1S/C12H21NO2S/c14-8-2-5-10-4-1-7-13(10)12(15)11-6-3-9-16-11/h10-11,14H,1-9H2. The Morgan fingerprint density at radius 2 is 2.25 bits per heavy atom. The van der Waals surface area contributed by atoms with Crippen LogP contribution in [0.1, 0.15) is 38.5 Å². The summed E-state index contributed by atoms with van der Waals surface area (Å²) in [7, 11) is 0. The van der Waals surface area contributed by atoms with Gasteiger partial charge in [0.25, 0.3) is 0 Å². The van der Waals surface area contributed by atoms with E-state index in [4.69, 9.17) is 5.11 Å². The highest BCUT2D eigenvalue weighted by atomic mass is 32.2. The minimum atomic E-state index is 0.231. The van der Waals surface area contributed by atoms with Crippen molar-refractivity contribution in [2.75, 3.05) is 18.9 Å². The van der Waals surface area contributed by atoms with Crippen molar-refractivity contribution in [3.05, 3.63) is 0 Å². The first-order valence-corrected chi connectivity index (χ1v) is 7.40. The van der Waals surface area contributed by atoms with Crippen molar-refractivity contribution < 1.29 is 9.90 Å². The SMILES string of the molecule is O=C(C1CCCS1)N1CCCC1CCCO. The molecule has 0 aromatic heterocycles. The number of carbonyl (C=O) groups excluding carboxylic acids is 1. The smallest absolute Gasteiger partial charge is 0.235 e. The van der Waals surface area contributed by atoms with Gasteiger partial charge in [0.05, 0.1) is 5.25 Å². The minimum absolute atomic E-state index is 0.231. The maximum absolute atomic E-state index is 12.3. The van der Waals surface area contributed by atoms with Crippen molar-refractivity contribution in [1.29, 1.82) is 0 Å². The number of nitrogens with zero attached hydrogens (tertiary/aromatic N) is 1. The lowest BCUT2D eigenvalue weighted by molar-refractivity contribution is -0.131. The largest absolute Gasteiger partial charge is 0.396 e. The Kier molecular flexibility index (Phi) is 4.53. The van der Waals surface area contributed by atoms with Crippen molar-refractivity contribution in [2.45, 2.75) is 49.8 Å². The average molecular weight is 243 g/mol. The highest BCUT2D eigenvalue weighted by Crippen LogP contribution is 2.31. The van der Waals surface area contributed by atoms with Crippen molar-refractivity contribution >= 4 is 17.7 Å². The van der Waals surface area contributed by atoms with Gasteiger partial charge in [-0.25, -0.2) is 0 Å². The fourth-order valence-corrected chi connectivity index (χ4v) is 3.94. The van der Waals surface area contributed by atoms with E-state index in [2.05, 4.69) is 4.90 Å². The van der Waals surface area contributed by atoms with Crippen LogP contribution in [0.3, 0.4) is 0 Å². The zero-order valence-corrected chi connectivity index (χ0v) is 10.5. The number of aliphatic hydroxyl groups is 1. The van der Waals surface area contributed by atoms with E-state index in [0.717, 1.165) is 44.4 Å². The zero-order valence-electron chi connectivity index (χ0n) is 9.73. The summed E-state index contributed by atoms with van der Waals surface area (Å²) in [4.78, 5) is 14.3. The topological polar surface area (TPSA) is 40.5 Å². The van der Waals surface area contributed by atoms with Gasteiger partial charge < -0.3 is 10.0 Å². The second-order valence-corrected chi connectivity index (χ2v) is 6.01. The number of amides is 1. The molecule has 2 rings (SSSR count). The molecule has 2 aliphatic rings. The van der Waals surface area contributed by atoms with E-state index < -0.39 is 0 Å². The van der Waals surface area contributed by atoms with Gasteiger partial charge in [0.2, 0.25) is 5.91 Å². The number of hydrogen-bond donors (Lipinski definition) is 1. The first kappa shape index (κ1) is 12.2. The lowest BCUT2D eigenvalue weighted by Gasteiger charge is -2.27. The molecule has 2 atom stereocenters. The second kappa shape index (κ2) is 5.92. The number of hydrogen-bond acceptors (Lipinski definition) is 3. The Bertz CT molecular complexity index is 241. The van der Waals surface area contributed by atoms with Crippen molar-refractivity contribution in [1.82, 2.24) is 4.90 Å². The number of thioether (sulfide) groups is 1. The van der Waals surface area contributed by atoms with Crippen molar-refractivity contribution in [3.8, 4) is 0 Å². The Labute approximate surface area is 102 Å². The van der Waals surface area contributed by atoms with E-state index in [0.29, 0.717) is 11.9 Å². The van der Waals surface area contributed by atoms with Crippen LogP contribution in [0.4, 0.5) is 0 Å². The van der Waals surface area contributed by atoms with Crippen molar-refractivity contribution in [2.24, 2.45) is 0 Å². The van der Waals surface area contributed by atoms with Crippen LogP contribution in [0.15, 0.2) is 0 Å². The molecule has 0 aromatic rings. The molecule has 0 saturated carbocycles. The van der Waals surface area contributed by atoms with E-state index in [1.807, 2.05) is 11.8 Å². The summed E-state index contributed by atoms with van der Waals surface area (Å²) in [6.45, 7) is 1.18. The normalized spacial score (nSPS) is 29.9. The molecule has 1 amide bonds. The molecule has 4 heteroatoms. The highest BCUT2D eigenvalue weighted by molar-refractivity contribution is 8.00. The van der Waals surface area contributed by atoms with Gasteiger partial charge in [0.15, 0.2) is 0 Å². The summed E-state index contributed by atoms with van der Waals surface area (Å²) in [5.41, 5.74) is 0. The van der Waals surface area contributed by atoms with Gasteiger partial charge in [-0.3, -0.25) is 4.79 Å². The number of aliphatic hydroxyl groups excluding tert-OH is 1. The summed E-state index contributed by atoms with van der Waals surface area (Å²) in [6, 6.07) is 0.404. The Morgan fingerprint density at radius 1 is 1.38 bits per heavy atom. The fraction of sp³-hybridized carbons (Fsp3) is 0.917. The number of likely N-dealkylation sites (tertiary alicyclic amines) is 1. The van der Waals surface area contributed by atoms with E-state index in [9.17, 15) is 4.79 Å². The number of carbonyl (C=O) groups is 1. The lowest BCUT2D eigenvalue weighted by atomic mass is 10.1. The lowest BCUT2D eigenvalue weighted by Crippen LogP contribution is -2.40. The molecule has 2 unspecified atom stereocenters. The fourth-order valence-electron chi connectivity index (χ4n) is 2.71. The molecule has 2 heterocycles. The third-order valence-corrected chi connectivity index (χ3v) is 4.92. The van der Waals surface area contributed by atoms with Crippen LogP contribution in [0.5, 0.6) is 0 Å². The third-order valence-electron chi connectivity index (χ3n) is 3.56. The van der Waals surface area contributed by atoms with E-state index in [-0.39, 0.29) is 11.9 Å². The average Bonchev–Trinajstić information content (AvgIpc) is 2.96. The first-order chi connectivity index (χ1) is 7.83. The van der Waals surface area contributed by atoms with Gasteiger partial charge in [-0.2, -0.15) is 0 Å². The molecule has 2 aliphatic heterocycles. The summed E-state index contributed by atoms with van der Waals surface area (Å²) < 4.78 is 0. The Hall–Kier alpha value is -0.220. The Morgan fingerprint density at radius 3 is 2.94 bits per heavy atom. The maximum atomic E-state index is 12.3. The predicted octanol–water partition coefficient (Wildman–Crippen LogP) is 1.65. The highest BCUT2D eigenvalue weighted by Gasteiger charge is 2.34. The van der Waals surface area contributed by atoms with Gasteiger partial charge in [0, 0.05) is 19.2 Å². The second-order valence-electron chi connectivity index (χ2n) is 4.70. The summed E-state index contributed by atoms with van der Waals surface area (Å²) >= 11 is 1.82. The van der Waals surface area contributed by atoms with E-state index >= 15 is 0 Å². The predicted molar refractivity (Wildman–Crippen MR) is 66.5 cm³/mol. The molecule has 0 radical (unpaired) electrons. The molecule has 0 aliphatic carbocycles. The molecule has 1 N–H and O–H groups in total. The molecule has 3 nitrogen and oxygen atoms in total. The van der Waals surface area contributed by atoms with E-state index in [1.165, 1.54) is 6.42 Å². The quantitative estimate of drug-likeness (QED) is 0.816. The van der Waals surface area contributed by atoms with E-state index in [1.54, 1.807) is 0 Å². The zero-order chi connectivity index (χ0) is 11.4. The molecule has 2 saturated heterocycles. The van der Waals surface area contributed by atoms with Crippen LogP contribution in [-0.4, -0.2) is 46.1 Å². The molecular formula is C12H21NO2S. The van der Waals surface area contributed by atoms with Crippen LogP contribution < -0.4 is 0 Å². The summed E-state index contributed by atoms with van der Waals surface area (Å²) in [5, 5.41) is 9.09. The van der Waals surface area contributed by atoms with Gasteiger partial charge in [-0.15, -0.1) is 11.8 Å². The van der Waals surface area contributed by atoms with Crippen LogP contribution in [0.25, 0.3) is 0 Å². The molecule has 92 valence electrons. The van der Waals surface area contributed by atoms with Gasteiger partial charge in [-0.1, -0.05) is 0 Å². The number of rotatable bonds is 4. The van der Waals surface area contributed by atoms with Crippen molar-refractivity contribution in [3.63, 3.8) is 0 Å². The summed E-state index contributed by atoms with van der Waals surface area (Å²) in [6.07, 6.45) is 6.32. The summed E-state index contributed by atoms with van der Waals surface area (Å²) in [5.74, 6) is 1.51. The van der Waals surface area contributed by atoms with Gasteiger partial charge in [-0.05, 0) is 44.3 Å². The van der Waals surface area contributed by atoms with Crippen LogP contribution >= 0.6 is 11.8 Å². The molecule has 2 fully saturated rings. The molecule has 0 aromatic carbocycles. The van der Waals surface area contributed by atoms with Gasteiger partial charge in [0.1, 0.15) is 0 Å². The molecule has 0 spiro atoms. The van der Waals surface area contributed by atoms with Crippen LogP contribution in [-0.2, 0) is 4.79 Å². The first-order valence-electron chi connectivity index (χ1n) is 6.36. The van der Waals surface area contributed by atoms with Gasteiger partial charge >= 0.3 is 0 Å². The third kappa shape index (κ3) is 2.72. The van der Waals surface area contributed by atoms with Crippen LogP contribution in [0.2, 0.25) is 0 Å². The monoisotopic (exact) mass is 243 g/mol. The Balaban J connectivity index is 1.88. The molecule has 16 heavy (non-hydrogen) atoms. The maximum Gasteiger partial charge on any atom is 0.235 e. The van der Waals surface area contributed by atoms with Crippen LogP contribution in [0, 0.1) is 0 Å². The molecule has 0 bridgehead atoms. The minimum Gasteiger partial charge on any atom is -0.396 e. The molecular weight excluding hydrogens is 222 g/mol.